The van der Waals surface area contributed by atoms with E-state index in [-0.39, 0.29) is 10.8 Å². The van der Waals surface area contributed by atoms with Crippen molar-refractivity contribution in [3.8, 4) is 0 Å². The van der Waals surface area contributed by atoms with Gasteiger partial charge in [0.25, 0.3) is 0 Å². The largest absolute Gasteiger partial charge is 0.399 e. The number of pyridine rings is 1. The first-order chi connectivity index (χ1) is 16.4. The van der Waals surface area contributed by atoms with Crippen LogP contribution in [0.25, 0.3) is 5.65 Å². The second kappa shape index (κ2) is 9.07. The summed E-state index contributed by atoms with van der Waals surface area (Å²) >= 11 is 0. The summed E-state index contributed by atoms with van der Waals surface area (Å²) in [4.78, 5) is 9.32. The molecule has 0 aliphatic carbocycles. The molecule has 4 heterocycles. The molecule has 3 aromatic heterocycles. The van der Waals surface area contributed by atoms with E-state index in [0.29, 0.717) is 25.3 Å². The van der Waals surface area contributed by atoms with Crippen LogP contribution in [0, 0.1) is 0 Å². The van der Waals surface area contributed by atoms with Crippen LogP contribution in [-0.4, -0.2) is 53.2 Å². The van der Waals surface area contributed by atoms with Gasteiger partial charge in [-0.25, -0.2) is 13.4 Å². The van der Waals surface area contributed by atoms with Gasteiger partial charge in [0, 0.05) is 55.9 Å². The van der Waals surface area contributed by atoms with Crippen molar-refractivity contribution in [1.29, 1.82) is 0 Å². The molecule has 1 aliphatic rings. The number of sulfonamides is 1. The number of aromatic nitrogens is 4. The predicted molar refractivity (Wildman–Crippen MR) is 134 cm³/mol. The quantitative estimate of drug-likeness (QED) is 0.317. The van der Waals surface area contributed by atoms with Gasteiger partial charge in [0.2, 0.25) is 10.0 Å². The Morgan fingerprint density at radius 3 is 2.76 bits per heavy atom. The SMILES string of the molecule is Bc1cnn2c(NCc3cccnc3)cc(C3CCCN(S(=O)(=O)c4ccc(N)cc4)C3)nc12. The van der Waals surface area contributed by atoms with Crippen molar-refractivity contribution in [2.45, 2.75) is 30.2 Å². The van der Waals surface area contributed by atoms with Crippen molar-refractivity contribution in [2.75, 3.05) is 24.1 Å². The summed E-state index contributed by atoms with van der Waals surface area (Å²) in [5.41, 5.74) is 9.92. The van der Waals surface area contributed by atoms with Crippen molar-refractivity contribution in [3.05, 3.63) is 72.3 Å². The van der Waals surface area contributed by atoms with Crippen LogP contribution in [0.2, 0.25) is 0 Å². The number of nitrogens with one attached hydrogen (secondary N) is 1. The number of piperidine rings is 1. The molecule has 0 radical (unpaired) electrons. The summed E-state index contributed by atoms with van der Waals surface area (Å²) in [6.45, 7) is 1.46. The molecule has 1 fully saturated rings. The lowest BCUT2D eigenvalue weighted by molar-refractivity contribution is 0.313. The first-order valence-corrected chi connectivity index (χ1v) is 12.7. The van der Waals surface area contributed by atoms with Crippen LogP contribution in [0.15, 0.2) is 66.0 Å². The van der Waals surface area contributed by atoms with E-state index in [1.807, 2.05) is 32.2 Å². The van der Waals surface area contributed by atoms with Crippen LogP contribution in [0.1, 0.15) is 30.0 Å². The molecule has 5 rings (SSSR count). The lowest BCUT2D eigenvalue weighted by Crippen LogP contribution is -2.39. The van der Waals surface area contributed by atoms with Gasteiger partial charge in [0.1, 0.15) is 13.7 Å². The summed E-state index contributed by atoms with van der Waals surface area (Å²) < 4.78 is 29.9. The van der Waals surface area contributed by atoms with E-state index >= 15 is 0 Å². The zero-order chi connectivity index (χ0) is 23.7. The smallest absolute Gasteiger partial charge is 0.243 e. The molecule has 0 spiro atoms. The highest BCUT2D eigenvalue weighted by molar-refractivity contribution is 7.89. The Labute approximate surface area is 199 Å². The monoisotopic (exact) mass is 475 g/mol. The molecule has 4 aromatic rings. The van der Waals surface area contributed by atoms with Gasteiger partial charge in [-0.3, -0.25) is 4.98 Å². The highest BCUT2D eigenvalue weighted by Gasteiger charge is 2.32. The Morgan fingerprint density at radius 1 is 1.18 bits per heavy atom. The van der Waals surface area contributed by atoms with Crippen LogP contribution in [0.5, 0.6) is 0 Å². The maximum absolute atomic E-state index is 13.3. The molecule has 1 saturated heterocycles. The van der Waals surface area contributed by atoms with Crippen LogP contribution in [0.4, 0.5) is 11.5 Å². The van der Waals surface area contributed by atoms with Gasteiger partial charge < -0.3 is 11.1 Å². The zero-order valence-corrected chi connectivity index (χ0v) is 19.7. The van der Waals surface area contributed by atoms with E-state index in [2.05, 4.69) is 15.4 Å². The first-order valence-electron chi connectivity index (χ1n) is 11.3. The topological polar surface area (TPSA) is 119 Å². The number of fused-ring (bicyclic) bond motifs is 1. The Morgan fingerprint density at radius 2 is 2.00 bits per heavy atom. The van der Waals surface area contributed by atoms with Crippen molar-refractivity contribution < 1.29 is 8.42 Å². The molecule has 174 valence electrons. The Bertz CT molecular complexity index is 1410. The number of anilines is 2. The van der Waals surface area contributed by atoms with Gasteiger partial charge >= 0.3 is 0 Å². The second-order valence-corrected chi connectivity index (χ2v) is 10.6. The summed E-state index contributed by atoms with van der Waals surface area (Å²) in [5.74, 6) is 0.797. The number of hydrogen-bond acceptors (Lipinski definition) is 7. The number of hydrogen-bond donors (Lipinski definition) is 2. The van der Waals surface area contributed by atoms with E-state index in [1.165, 1.54) is 0 Å². The number of benzene rings is 1. The minimum Gasteiger partial charge on any atom is -0.399 e. The molecule has 1 atom stereocenters. The summed E-state index contributed by atoms with van der Waals surface area (Å²) in [7, 11) is -1.63. The van der Waals surface area contributed by atoms with Crippen LogP contribution in [0.3, 0.4) is 0 Å². The summed E-state index contributed by atoms with van der Waals surface area (Å²) in [5, 5.41) is 7.92. The Kier molecular flexibility index (Phi) is 5.97. The Hall–Kier alpha value is -3.44. The standard InChI is InChI=1S/C23H26BN7O2S/c24-20-14-28-31-22(27-13-16-3-1-9-26-12-16)11-21(29-23(20)31)17-4-2-10-30(15-17)34(32,33)19-7-5-18(25)6-8-19/h1,3,5-9,11-12,14,17,27H,2,4,10,13,15,24-25H2. The van der Waals surface area contributed by atoms with Crippen molar-refractivity contribution in [2.24, 2.45) is 0 Å². The van der Waals surface area contributed by atoms with Gasteiger partial charge in [0.05, 0.1) is 10.6 Å². The normalized spacial score (nSPS) is 17.1. The zero-order valence-electron chi connectivity index (χ0n) is 18.9. The molecule has 3 N–H and O–H groups in total. The van der Waals surface area contributed by atoms with E-state index in [0.717, 1.165) is 41.0 Å². The van der Waals surface area contributed by atoms with Crippen LogP contribution in [-0.2, 0) is 16.6 Å². The third-order valence-corrected chi connectivity index (χ3v) is 8.06. The van der Waals surface area contributed by atoms with Gasteiger partial charge in [0.15, 0.2) is 5.65 Å². The van der Waals surface area contributed by atoms with E-state index in [4.69, 9.17) is 10.7 Å². The van der Waals surface area contributed by atoms with E-state index < -0.39 is 10.0 Å². The van der Waals surface area contributed by atoms with Gasteiger partial charge in [-0.1, -0.05) is 6.07 Å². The van der Waals surface area contributed by atoms with Crippen LogP contribution >= 0.6 is 0 Å². The number of nitrogens with zero attached hydrogens (tertiary/aromatic N) is 5. The summed E-state index contributed by atoms with van der Waals surface area (Å²) in [6, 6.07) is 12.3. The molecular formula is C23H26BN7O2S. The van der Waals surface area contributed by atoms with Crippen LogP contribution < -0.4 is 16.5 Å². The molecule has 0 saturated carbocycles. The molecule has 1 aromatic carbocycles. The first kappa shape index (κ1) is 22.4. The molecule has 34 heavy (non-hydrogen) atoms. The third kappa shape index (κ3) is 4.36. The van der Waals surface area contributed by atoms with Gasteiger partial charge in [-0.2, -0.15) is 13.9 Å². The molecule has 1 aliphatic heterocycles. The fraction of sp³-hybridized carbons (Fsp3) is 0.261. The lowest BCUT2D eigenvalue weighted by atomic mass is 9.95. The highest BCUT2D eigenvalue weighted by Crippen LogP contribution is 2.31. The maximum atomic E-state index is 13.3. The lowest BCUT2D eigenvalue weighted by Gasteiger charge is -2.32. The third-order valence-electron chi connectivity index (χ3n) is 6.18. The maximum Gasteiger partial charge on any atom is 0.243 e. The summed E-state index contributed by atoms with van der Waals surface area (Å²) in [6.07, 6.45) is 6.99. The average molecular weight is 475 g/mol. The minimum absolute atomic E-state index is 0.0180. The molecular weight excluding hydrogens is 449 g/mol. The Balaban J connectivity index is 1.44. The fourth-order valence-corrected chi connectivity index (χ4v) is 5.84. The predicted octanol–water partition coefficient (Wildman–Crippen LogP) is 1.15. The van der Waals surface area contributed by atoms with E-state index in [9.17, 15) is 8.42 Å². The van der Waals surface area contributed by atoms with Gasteiger partial charge in [-0.05, 0) is 54.2 Å². The molecule has 0 amide bonds. The average Bonchev–Trinajstić information content (AvgIpc) is 3.24. The molecule has 1 unspecified atom stereocenters. The minimum atomic E-state index is -3.61. The molecule has 9 nitrogen and oxygen atoms in total. The van der Waals surface area contributed by atoms with Crippen molar-refractivity contribution in [3.63, 3.8) is 0 Å². The van der Waals surface area contributed by atoms with Crippen molar-refractivity contribution >= 4 is 40.5 Å². The number of nitrogen functional groups attached to an aromatic ring is 1. The molecule has 0 bridgehead atoms. The number of rotatable bonds is 6. The second-order valence-electron chi connectivity index (χ2n) is 8.62. The molecule has 11 heteroatoms. The number of nitrogens with two attached hydrogens (primary N) is 1. The van der Waals surface area contributed by atoms with Gasteiger partial charge in [-0.15, -0.1) is 0 Å². The van der Waals surface area contributed by atoms with E-state index in [1.54, 1.807) is 45.5 Å². The van der Waals surface area contributed by atoms with Crippen molar-refractivity contribution in [1.82, 2.24) is 23.9 Å². The fourth-order valence-electron chi connectivity index (χ4n) is 4.31. The highest BCUT2D eigenvalue weighted by atomic mass is 32.2.